The molecular formula is C9H16N4O3S. The fourth-order valence-electron chi connectivity index (χ4n) is 1.15. The molecule has 0 atom stereocenters. The van der Waals surface area contributed by atoms with E-state index in [1.807, 2.05) is 6.92 Å². The predicted octanol–water partition coefficient (Wildman–Crippen LogP) is -0.0342. The minimum Gasteiger partial charge on any atom is -0.478 e. The number of rotatable bonds is 7. The molecule has 0 aliphatic heterocycles. The highest BCUT2D eigenvalue weighted by atomic mass is 32.2. The van der Waals surface area contributed by atoms with Crippen molar-refractivity contribution >= 4 is 15.8 Å². The molecule has 0 amide bonds. The summed E-state index contributed by atoms with van der Waals surface area (Å²) in [6.45, 7) is 2.86. The van der Waals surface area contributed by atoms with E-state index in [1.54, 1.807) is 6.07 Å². The topological polar surface area (TPSA) is 107 Å². The zero-order valence-electron chi connectivity index (χ0n) is 9.59. The van der Waals surface area contributed by atoms with Gasteiger partial charge in [-0.1, -0.05) is 0 Å². The Morgan fingerprint density at radius 3 is 2.88 bits per heavy atom. The van der Waals surface area contributed by atoms with Crippen molar-refractivity contribution in [1.82, 2.24) is 9.97 Å². The summed E-state index contributed by atoms with van der Waals surface area (Å²) in [5.41, 5.74) is 0. The monoisotopic (exact) mass is 260 g/mol. The lowest BCUT2D eigenvalue weighted by molar-refractivity contribution is 0.326. The summed E-state index contributed by atoms with van der Waals surface area (Å²) in [5, 5.41) is 7.84. The molecule has 0 fully saturated rings. The van der Waals surface area contributed by atoms with Crippen LogP contribution in [0, 0.1) is 0 Å². The molecular weight excluding hydrogens is 244 g/mol. The Kier molecular flexibility index (Phi) is 5.11. The van der Waals surface area contributed by atoms with Gasteiger partial charge in [-0.2, -0.15) is 0 Å². The predicted molar refractivity (Wildman–Crippen MR) is 64.3 cm³/mol. The Morgan fingerprint density at radius 2 is 2.24 bits per heavy atom. The molecule has 0 saturated heterocycles. The molecule has 1 aromatic rings. The SMILES string of the molecule is CCOc1cc(NCCCS(N)(=O)=O)ncn1. The van der Waals surface area contributed by atoms with Crippen molar-refractivity contribution in [3.63, 3.8) is 0 Å². The number of sulfonamides is 1. The van der Waals surface area contributed by atoms with E-state index in [0.29, 0.717) is 31.3 Å². The lowest BCUT2D eigenvalue weighted by Gasteiger charge is -2.06. The van der Waals surface area contributed by atoms with Crippen LogP contribution in [0.1, 0.15) is 13.3 Å². The Hall–Kier alpha value is -1.41. The van der Waals surface area contributed by atoms with Crippen LogP contribution >= 0.6 is 0 Å². The Labute approximate surface area is 100 Å². The van der Waals surface area contributed by atoms with E-state index < -0.39 is 10.0 Å². The third-order valence-corrected chi connectivity index (χ3v) is 2.70. The molecule has 0 radical (unpaired) electrons. The van der Waals surface area contributed by atoms with Gasteiger partial charge in [0.2, 0.25) is 15.9 Å². The van der Waals surface area contributed by atoms with Crippen LogP contribution in [0.2, 0.25) is 0 Å². The minimum absolute atomic E-state index is 0.0522. The average Bonchev–Trinajstić information content (AvgIpc) is 2.24. The van der Waals surface area contributed by atoms with Gasteiger partial charge in [0.1, 0.15) is 12.1 Å². The summed E-state index contributed by atoms with van der Waals surface area (Å²) in [6, 6.07) is 1.65. The molecule has 96 valence electrons. The number of nitrogens with two attached hydrogens (primary N) is 1. The summed E-state index contributed by atoms with van der Waals surface area (Å²) in [5.74, 6) is 1.03. The number of hydrogen-bond donors (Lipinski definition) is 2. The number of primary sulfonamides is 1. The van der Waals surface area contributed by atoms with Crippen LogP contribution in [0.15, 0.2) is 12.4 Å². The molecule has 1 aromatic heterocycles. The van der Waals surface area contributed by atoms with Gasteiger partial charge in [0, 0.05) is 12.6 Å². The highest BCUT2D eigenvalue weighted by Gasteiger charge is 2.02. The third-order valence-electron chi connectivity index (χ3n) is 1.85. The maximum Gasteiger partial charge on any atom is 0.218 e. The number of anilines is 1. The van der Waals surface area contributed by atoms with Gasteiger partial charge in [0.15, 0.2) is 0 Å². The summed E-state index contributed by atoms with van der Waals surface area (Å²) < 4.78 is 26.6. The van der Waals surface area contributed by atoms with Gasteiger partial charge in [-0.15, -0.1) is 0 Å². The van der Waals surface area contributed by atoms with Gasteiger partial charge in [-0.3, -0.25) is 0 Å². The number of aromatic nitrogens is 2. The molecule has 0 saturated carbocycles. The van der Waals surface area contributed by atoms with Crippen LogP contribution in [0.5, 0.6) is 5.88 Å². The molecule has 0 unspecified atom stereocenters. The Balaban J connectivity index is 2.38. The van der Waals surface area contributed by atoms with Crippen molar-refractivity contribution in [2.45, 2.75) is 13.3 Å². The largest absolute Gasteiger partial charge is 0.478 e. The third kappa shape index (κ3) is 6.03. The van der Waals surface area contributed by atoms with Crippen molar-refractivity contribution < 1.29 is 13.2 Å². The maximum atomic E-state index is 10.7. The highest BCUT2D eigenvalue weighted by Crippen LogP contribution is 2.10. The first-order chi connectivity index (χ1) is 8.01. The molecule has 0 spiro atoms. The van der Waals surface area contributed by atoms with Crippen molar-refractivity contribution in [3.05, 3.63) is 12.4 Å². The molecule has 0 bridgehead atoms. The first-order valence-electron chi connectivity index (χ1n) is 5.20. The quantitative estimate of drug-likeness (QED) is 0.666. The van der Waals surface area contributed by atoms with Crippen LogP contribution in [0.3, 0.4) is 0 Å². The second kappa shape index (κ2) is 6.36. The van der Waals surface area contributed by atoms with Gasteiger partial charge in [-0.25, -0.2) is 23.5 Å². The smallest absolute Gasteiger partial charge is 0.218 e. The Morgan fingerprint density at radius 1 is 1.47 bits per heavy atom. The van der Waals surface area contributed by atoms with E-state index in [9.17, 15) is 8.42 Å². The number of hydrogen-bond acceptors (Lipinski definition) is 6. The van der Waals surface area contributed by atoms with E-state index in [1.165, 1.54) is 6.33 Å². The van der Waals surface area contributed by atoms with Crippen LogP contribution in [0.25, 0.3) is 0 Å². The first-order valence-corrected chi connectivity index (χ1v) is 6.92. The summed E-state index contributed by atoms with van der Waals surface area (Å²) in [6.07, 6.45) is 1.81. The fourth-order valence-corrected chi connectivity index (χ4v) is 1.70. The van der Waals surface area contributed by atoms with Gasteiger partial charge in [-0.05, 0) is 13.3 Å². The normalized spacial score (nSPS) is 11.2. The van der Waals surface area contributed by atoms with Crippen molar-refractivity contribution in [2.24, 2.45) is 5.14 Å². The molecule has 17 heavy (non-hydrogen) atoms. The van der Waals surface area contributed by atoms with E-state index >= 15 is 0 Å². The van der Waals surface area contributed by atoms with Crippen LogP contribution in [-0.2, 0) is 10.0 Å². The lowest BCUT2D eigenvalue weighted by atomic mass is 10.4. The molecule has 0 aliphatic rings. The molecule has 8 heteroatoms. The molecule has 1 heterocycles. The average molecular weight is 260 g/mol. The van der Waals surface area contributed by atoms with Crippen molar-refractivity contribution in [1.29, 1.82) is 0 Å². The Bertz CT molecular complexity index is 449. The summed E-state index contributed by atoms with van der Waals surface area (Å²) >= 11 is 0. The number of nitrogens with zero attached hydrogens (tertiary/aromatic N) is 2. The van der Waals surface area contributed by atoms with E-state index in [4.69, 9.17) is 9.88 Å². The molecule has 7 nitrogen and oxygen atoms in total. The van der Waals surface area contributed by atoms with E-state index in [-0.39, 0.29) is 5.75 Å². The fraction of sp³-hybridized carbons (Fsp3) is 0.556. The maximum absolute atomic E-state index is 10.7. The van der Waals surface area contributed by atoms with Crippen LogP contribution in [0.4, 0.5) is 5.82 Å². The number of nitrogens with one attached hydrogen (secondary N) is 1. The van der Waals surface area contributed by atoms with Crippen LogP contribution < -0.4 is 15.2 Å². The van der Waals surface area contributed by atoms with Crippen LogP contribution in [-0.4, -0.2) is 37.3 Å². The zero-order chi connectivity index (χ0) is 12.7. The van der Waals surface area contributed by atoms with Crippen molar-refractivity contribution in [3.8, 4) is 5.88 Å². The van der Waals surface area contributed by atoms with E-state index in [0.717, 1.165) is 0 Å². The number of ether oxygens (including phenoxy) is 1. The highest BCUT2D eigenvalue weighted by molar-refractivity contribution is 7.89. The summed E-state index contributed by atoms with van der Waals surface area (Å²) in [4.78, 5) is 7.88. The standard InChI is InChI=1S/C9H16N4O3S/c1-2-16-9-6-8(12-7-13-9)11-4-3-5-17(10,14)15/h6-7H,2-5H2,1H3,(H2,10,14,15)(H,11,12,13). The van der Waals surface area contributed by atoms with Gasteiger partial charge in [0.05, 0.1) is 12.4 Å². The van der Waals surface area contributed by atoms with Crippen molar-refractivity contribution in [2.75, 3.05) is 24.2 Å². The van der Waals surface area contributed by atoms with E-state index in [2.05, 4.69) is 15.3 Å². The second-order valence-electron chi connectivity index (χ2n) is 3.32. The first kappa shape index (κ1) is 13.7. The van der Waals surface area contributed by atoms with Gasteiger partial charge in [0.25, 0.3) is 0 Å². The zero-order valence-corrected chi connectivity index (χ0v) is 10.4. The van der Waals surface area contributed by atoms with Gasteiger partial charge < -0.3 is 10.1 Å². The van der Waals surface area contributed by atoms with Gasteiger partial charge >= 0.3 is 0 Å². The molecule has 0 aromatic carbocycles. The molecule has 0 aliphatic carbocycles. The molecule has 3 N–H and O–H groups in total. The summed E-state index contributed by atoms with van der Waals surface area (Å²) in [7, 11) is -3.39. The molecule has 1 rings (SSSR count). The lowest BCUT2D eigenvalue weighted by Crippen LogP contribution is -2.18. The minimum atomic E-state index is -3.39. The second-order valence-corrected chi connectivity index (χ2v) is 5.06.